The average Bonchev–Trinajstić information content (AvgIpc) is 2.61. The van der Waals surface area contributed by atoms with Gasteiger partial charge in [-0.25, -0.2) is 18.6 Å². The number of halogens is 3. The van der Waals surface area contributed by atoms with Gasteiger partial charge in [-0.2, -0.15) is 0 Å². The number of carboxylic acids is 1. The molecule has 1 aromatic heterocycles. The summed E-state index contributed by atoms with van der Waals surface area (Å²) in [5.41, 5.74) is 0.796. The highest BCUT2D eigenvalue weighted by molar-refractivity contribution is 6.32. The normalized spacial score (nSPS) is 16.8. The molecule has 3 rings (SSSR count). The standard InChI is InChI=1S/C19H16ClF2N3O2/c1-3-10-12(21)7-6-11(15(10)20)16-14(19(26)27)9(2)24-18(25-16)17-13(22)5-4-8-23-17/h4-8,16H,3H2,1-2H3,(H,24,25)(H,26,27). The first-order valence-corrected chi connectivity index (χ1v) is 8.59. The molecule has 0 saturated carbocycles. The van der Waals surface area contributed by atoms with Crippen LogP contribution in [0.2, 0.25) is 5.02 Å². The number of amidine groups is 1. The van der Waals surface area contributed by atoms with Gasteiger partial charge in [-0.3, -0.25) is 4.99 Å². The Morgan fingerprint density at radius 1 is 1.30 bits per heavy atom. The van der Waals surface area contributed by atoms with Gasteiger partial charge in [0, 0.05) is 23.0 Å². The largest absolute Gasteiger partial charge is 0.478 e. The van der Waals surface area contributed by atoms with Crippen molar-refractivity contribution < 1.29 is 18.7 Å². The Balaban J connectivity index is 2.21. The summed E-state index contributed by atoms with van der Waals surface area (Å²) >= 11 is 6.36. The van der Waals surface area contributed by atoms with Gasteiger partial charge in [0.15, 0.2) is 11.7 Å². The van der Waals surface area contributed by atoms with Crippen molar-refractivity contribution >= 4 is 23.4 Å². The van der Waals surface area contributed by atoms with Crippen molar-refractivity contribution in [3.05, 3.63) is 75.2 Å². The van der Waals surface area contributed by atoms with Gasteiger partial charge >= 0.3 is 5.97 Å². The fourth-order valence-corrected chi connectivity index (χ4v) is 3.40. The number of carboxylic acid groups (broad SMARTS) is 1. The molecule has 0 saturated heterocycles. The molecule has 1 aromatic carbocycles. The molecular weight excluding hydrogens is 376 g/mol. The molecule has 0 aliphatic carbocycles. The predicted molar refractivity (Wildman–Crippen MR) is 97.7 cm³/mol. The summed E-state index contributed by atoms with van der Waals surface area (Å²) in [5, 5.41) is 12.6. The molecule has 0 radical (unpaired) electrons. The van der Waals surface area contributed by atoms with Crippen molar-refractivity contribution in [1.82, 2.24) is 10.3 Å². The van der Waals surface area contributed by atoms with E-state index in [0.717, 1.165) is 0 Å². The van der Waals surface area contributed by atoms with Crippen LogP contribution in [0.4, 0.5) is 8.78 Å². The van der Waals surface area contributed by atoms with Crippen LogP contribution in [0.3, 0.4) is 0 Å². The SMILES string of the molecule is CCc1c(F)ccc(C2N=C(c3ncccc3F)NC(C)=C2C(=O)O)c1Cl. The number of rotatable bonds is 4. The maximum absolute atomic E-state index is 14.1. The molecule has 0 spiro atoms. The lowest BCUT2D eigenvalue weighted by Gasteiger charge is -2.26. The van der Waals surface area contributed by atoms with Crippen LogP contribution in [0.25, 0.3) is 0 Å². The summed E-state index contributed by atoms with van der Waals surface area (Å²) in [6.07, 6.45) is 1.74. The highest BCUT2D eigenvalue weighted by Crippen LogP contribution is 2.37. The molecular formula is C19H16ClF2N3O2. The van der Waals surface area contributed by atoms with Crippen molar-refractivity contribution in [2.24, 2.45) is 4.99 Å². The van der Waals surface area contributed by atoms with Crippen LogP contribution in [0.5, 0.6) is 0 Å². The maximum atomic E-state index is 14.1. The Labute approximate surface area is 159 Å². The molecule has 1 atom stereocenters. The molecule has 2 heterocycles. The lowest BCUT2D eigenvalue weighted by Crippen LogP contribution is -2.33. The van der Waals surface area contributed by atoms with Gasteiger partial charge < -0.3 is 10.4 Å². The molecule has 0 bridgehead atoms. The minimum Gasteiger partial charge on any atom is -0.478 e. The van der Waals surface area contributed by atoms with Gasteiger partial charge in [-0.15, -0.1) is 0 Å². The lowest BCUT2D eigenvalue weighted by molar-refractivity contribution is -0.133. The maximum Gasteiger partial charge on any atom is 0.335 e. The van der Waals surface area contributed by atoms with Crippen LogP contribution in [-0.2, 0) is 11.2 Å². The van der Waals surface area contributed by atoms with E-state index in [1.54, 1.807) is 13.8 Å². The van der Waals surface area contributed by atoms with Crippen molar-refractivity contribution in [3.8, 4) is 0 Å². The van der Waals surface area contributed by atoms with Crippen molar-refractivity contribution in [2.45, 2.75) is 26.3 Å². The number of nitrogens with one attached hydrogen (secondary N) is 1. The van der Waals surface area contributed by atoms with Crippen LogP contribution >= 0.6 is 11.6 Å². The monoisotopic (exact) mass is 391 g/mol. The zero-order valence-corrected chi connectivity index (χ0v) is 15.3. The number of benzene rings is 1. The summed E-state index contributed by atoms with van der Waals surface area (Å²) in [6.45, 7) is 3.29. The second kappa shape index (κ2) is 7.44. The van der Waals surface area contributed by atoms with Gasteiger partial charge in [0.2, 0.25) is 0 Å². The third kappa shape index (κ3) is 3.42. The Morgan fingerprint density at radius 3 is 2.67 bits per heavy atom. The van der Waals surface area contributed by atoms with Crippen LogP contribution in [0.1, 0.15) is 36.7 Å². The van der Waals surface area contributed by atoms with Gasteiger partial charge in [0.25, 0.3) is 0 Å². The highest BCUT2D eigenvalue weighted by Gasteiger charge is 2.32. The molecule has 1 unspecified atom stereocenters. The fourth-order valence-electron chi connectivity index (χ4n) is 3.01. The summed E-state index contributed by atoms with van der Waals surface area (Å²) in [5.74, 6) is -2.20. The van der Waals surface area contributed by atoms with Gasteiger partial charge in [0.05, 0.1) is 10.6 Å². The molecule has 140 valence electrons. The van der Waals surface area contributed by atoms with E-state index < -0.39 is 23.6 Å². The lowest BCUT2D eigenvalue weighted by atomic mass is 9.93. The number of aliphatic imine (C=N–C) groups is 1. The van der Waals surface area contributed by atoms with Crippen LogP contribution in [0, 0.1) is 11.6 Å². The van der Waals surface area contributed by atoms with E-state index in [1.807, 2.05) is 0 Å². The topological polar surface area (TPSA) is 74.6 Å². The van der Waals surface area contributed by atoms with Crippen molar-refractivity contribution in [2.75, 3.05) is 0 Å². The number of nitrogens with zero attached hydrogens (tertiary/aromatic N) is 2. The van der Waals surface area contributed by atoms with Crippen molar-refractivity contribution in [1.29, 1.82) is 0 Å². The third-order valence-electron chi connectivity index (χ3n) is 4.32. The Kier molecular flexibility index (Phi) is 5.23. The Morgan fingerprint density at radius 2 is 2.04 bits per heavy atom. The molecule has 0 amide bonds. The zero-order valence-electron chi connectivity index (χ0n) is 14.6. The smallest absolute Gasteiger partial charge is 0.335 e. The molecule has 1 aliphatic rings. The van der Waals surface area contributed by atoms with Gasteiger partial charge in [-0.1, -0.05) is 24.6 Å². The second-order valence-corrected chi connectivity index (χ2v) is 6.34. The quantitative estimate of drug-likeness (QED) is 0.825. The summed E-state index contributed by atoms with van der Waals surface area (Å²) in [7, 11) is 0. The predicted octanol–water partition coefficient (Wildman–Crippen LogP) is 4.03. The van der Waals surface area contributed by atoms with Gasteiger partial charge in [-0.05, 0) is 31.5 Å². The van der Waals surface area contributed by atoms with E-state index in [-0.39, 0.29) is 33.4 Å². The minimum absolute atomic E-state index is 0.0414. The highest BCUT2D eigenvalue weighted by atomic mass is 35.5. The number of hydrogen-bond acceptors (Lipinski definition) is 4. The van der Waals surface area contributed by atoms with Gasteiger partial charge in [0.1, 0.15) is 17.6 Å². The number of aromatic nitrogens is 1. The van der Waals surface area contributed by atoms with Crippen molar-refractivity contribution in [3.63, 3.8) is 0 Å². The summed E-state index contributed by atoms with van der Waals surface area (Å²) in [6, 6.07) is 4.27. The Bertz CT molecular complexity index is 989. The third-order valence-corrected chi connectivity index (χ3v) is 4.77. The number of carbonyl (C=O) groups is 1. The fraction of sp³-hybridized carbons (Fsp3) is 0.211. The first kappa shape index (κ1) is 19.0. The molecule has 0 fully saturated rings. The van der Waals surface area contributed by atoms with Crippen LogP contribution in [0.15, 0.2) is 46.7 Å². The number of hydrogen-bond donors (Lipinski definition) is 2. The number of pyridine rings is 1. The van der Waals surface area contributed by atoms with E-state index in [9.17, 15) is 18.7 Å². The number of allylic oxidation sites excluding steroid dienone is 1. The average molecular weight is 392 g/mol. The molecule has 2 aromatic rings. The minimum atomic E-state index is -1.20. The molecule has 1 aliphatic heterocycles. The Hall–Kier alpha value is -2.80. The van der Waals surface area contributed by atoms with E-state index in [4.69, 9.17) is 11.6 Å². The van der Waals surface area contributed by atoms with E-state index in [0.29, 0.717) is 12.0 Å². The van der Waals surface area contributed by atoms with E-state index in [2.05, 4.69) is 15.3 Å². The second-order valence-electron chi connectivity index (χ2n) is 5.97. The van der Waals surface area contributed by atoms with Crippen LogP contribution in [-0.4, -0.2) is 21.9 Å². The van der Waals surface area contributed by atoms with E-state index >= 15 is 0 Å². The first-order valence-electron chi connectivity index (χ1n) is 8.21. The molecule has 27 heavy (non-hydrogen) atoms. The zero-order chi connectivity index (χ0) is 19.7. The van der Waals surface area contributed by atoms with Crippen LogP contribution < -0.4 is 5.32 Å². The molecule has 2 N–H and O–H groups in total. The number of aliphatic carboxylic acids is 1. The first-order chi connectivity index (χ1) is 12.8. The molecule has 8 heteroatoms. The summed E-state index contributed by atoms with van der Waals surface area (Å²) in [4.78, 5) is 20.2. The molecule has 5 nitrogen and oxygen atoms in total. The summed E-state index contributed by atoms with van der Waals surface area (Å²) < 4.78 is 28.2. The van der Waals surface area contributed by atoms with E-state index in [1.165, 1.54) is 30.5 Å².